The van der Waals surface area contributed by atoms with Gasteiger partial charge in [0.15, 0.2) is 17.5 Å². The zero-order valence-electron chi connectivity index (χ0n) is 16.9. The lowest BCUT2D eigenvalue weighted by Crippen LogP contribution is -2.93. The Kier molecular flexibility index (Phi) is 5.33. The zero-order chi connectivity index (χ0) is 21.3. The number of benzene rings is 2. The Hall–Kier alpha value is -3.52. The van der Waals surface area contributed by atoms with Gasteiger partial charge in [0.1, 0.15) is 5.56 Å². The summed E-state index contributed by atoms with van der Waals surface area (Å²) in [5, 5.41) is 2.75. The Morgan fingerprint density at radius 2 is 1.97 bits per heavy atom. The van der Waals surface area contributed by atoms with Gasteiger partial charge in [0.05, 0.1) is 26.9 Å². The van der Waals surface area contributed by atoms with E-state index in [2.05, 4.69) is 4.98 Å². The third-order valence-electron chi connectivity index (χ3n) is 5.35. The van der Waals surface area contributed by atoms with Crippen LogP contribution in [0.4, 0.5) is 0 Å². The second-order valence-electron chi connectivity index (χ2n) is 6.98. The highest BCUT2D eigenvalue weighted by Crippen LogP contribution is 2.39. The summed E-state index contributed by atoms with van der Waals surface area (Å²) in [7, 11) is 4.32. The van der Waals surface area contributed by atoms with Crippen molar-refractivity contribution in [2.75, 3.05) is 21.3 Å². The van der Waals surface area contributed by atoms with Crippen LogP contribution in [0.25, 0.3) is 10.9 Å². The Labute approximate surface area is 173 Å². The number of methoxy groups -OCH3 is 3. The molecule has 0 radical (unpaired) electrons. The van der Waals surface area contributed by atoms with E-state index in [0.717, 1.165) is 16.5 Å². The van der Waals surface area contributed by atoms with Gasteiger partial charge < -0.3 is 23.9 Å². The van der Waals surface area contributed by atoms with E-state index in [4.69, 9.17) is 18.9 Å². The smallest absolute Gasteiger partial charge is 0.365 e. The molecule has 0 saturated carbocycles. The van der Waals surface area contributed by atoms with Crippen LogP contribution in [-0.4, -0.2) is 44.3 Å². The predicted molar refractivity (Wildman–Crippen MR) is 107 cm³/mol. The van der Waals surface area contributed by atoms with E-state index >= 15 is 0 Å². The van der Waals surface area contributed by atoms with E-state index < -0.39 is 24.2 Å². The first-order chi connectivity index (χ1) is 14.6. The van der Waals surface area contributed by atoms with Gasteiger partial charge in [-0.05, 0) is 23.8 Å². The van der Waals surface area contributed by atoms with Gasteiger partial charge in [0.25, 0.3) is 6.23 Å². The molecule has 3 aromatic rings. The van der Waals surface area contributed by atoms with Gasteiger partial charge >= 0.3 is 11.9 Å². The Morgan fingerprint density at radius 1 is 1.17 bits per heavy atom. The molecule has 8 nitrogen and oxygen atoms in total. The van der Waals surface area contributed by atoms with E-state index in [9.17, 15) is 9.59 Å². The van der Waals surface area contributed by atoms with Gasteiger partial charge in [0.2, 0.25) is 0 Å². The molecule has 3 N–H and O–H groups in total. The van der Waals surface area contributed by atoms with Crippen LogP contribution in [0.3, 0.4) is 0 Å². The molecular weight excluding hydrogens is 388 g/mol. The molecule has 2 aromatic carbocycles. The van der Waals surface area contributed by atoms with Crippen molar-refractivity contribution in [3.63, 3.8) is 0 Å². The molecular formula is C22H23N2O6+. The number of cyclic esters (lactones) is 1. The first-order valence-corrected chi connectivity index (χ1v) is 9.51. The fourth-order valence-electron chi connectivity index (χ4n) is 3.90. The summed E-state index contributed by atoms with van der Waals surface area (Å²) in [5.74, 6) is -0.151. The topological polar surface area (TPSA) is 103 Å². The normalized spacial score (nSPS) is 16.1. The molecule has 30 heavy (non-hydrogen) atoms. The van der Waals surface area contributed by atoms with E-state index in [0.29, 0.717) is 29.0 Å². The summed E-state index contributed by atoms with van der Waals surface area (Å²) in [5.41, 5.74) is 2.92. The lowest BCUT2D eigenvalue weighted by atomic mass is 10.0. The van der Waals surface area contributed by atoms with Crippen molar-refractivity contribution in [3.05, 3.63) is 59.3 Å². The molecule has 2 heterocycles. The average molecular weight is 411 g/mol. The van der Waals surface area contributed by atoms with Crippen LogP contribution in [0, 0.1) is 0 Å². The standard InChI is InChI=1S/C22H22N2O6/c1-27-17-9-8-14-18(19(17)28-2)22(26)30-20(14)24-16(21(25)29-3)10-12-11-23-15-7-5-4-6-13(12)15/h4-9,11,16,20,23-24H,10H2,1-3H3/p+1/t16-,20-/m1/s1. The lowest BCUT2D eigenvalue weighted by molar-refractivity contribution is -0.746. The largest absolute Gasteiger partial charge is 0.493 e. The predicted octanol–water partition coefficient (Wildman–Crippen LogP) is 1.70. The average Bonchev–Trinajstić information content (AvgIpc) is 3.33. The summed E-state index contributed by atoms with van der Waals surface area (Å²) in [6.45, 7) is 0. The summed E-state index contributed by atoms with van der Waals surface area (Å²) in [6.07, 6.45) is 1.60. The van der Waals surface area contributed by atoms with Crippen molar-refractivity contribution in [1.29, 1.82) is 0 Å². The Balaban J connectivity index is 1.64. The van der Waals surface area contributed by atoms with E-state index in [-0.39, 0.29) is 0 Å². The van der Waals surface area contributed by atoms with Crippen molar-refractivity contribution in [2.24, 2.45) is 0 Å². The number of nitrogens with two attached hydrogens (primary N) is 1. The molecule has 0 amide bonds. The molecule has 0 spiro atoms. The highest BCUT2D eigenvalue weighted by atomic mass is 16.6. The van der Waals surface area contributed by atoms with Crippen LogP contribution in [0.15, 0.2) is 42.6 Å². The second-order valence-corrected chi connectivity index (χ2v) is 6.98. The highest BCUT2D eigenvalue weighted by molar-refractivity contribution is 5.97. The summed E-state index contributed by atoms with van der Waals surface area (Å²) in [6, 6.07) is 10.7. The van der Waals surface area contributed by atoms with E-state index in [1.807, 2.05) is 30.5 Å². The number of para-hydroxylation sites is 1. The molecule has 2 atom stereocenters. The molecule has 156 valence electrons. The van der Waals surface area contributed by atoms with E-state index in [1.165, 1.54) is 21.3 Å². The molecule has 0 aliphatic carbocycles. The number of carbonyl (C=O) groups is 2. The fourth-order valence-corrected chi connectivity index (χ4v) is 3.90. The van der Waals surface area contributed by atoms with Gasteiger partial charge in [-0.2, -0.15) is 0 Å². The maximum absolute atomic E-state index is 12.5. The first kappa shape index (κ1) is 19.8. The summed E-state index contributed by atoms with van der Waals surface area (Å²) in [4.78, 5) is 28.3. The number of aromatic nitrogens is 1. The molecule has 1 aromatic heterocycles. The van der Waals surface area contributed by atoms with Gasteiger partial charge in [0, 0.05) is 23.5 Å². The SMILES string of the molecule is COC(=O)[C@@H](Cc1c[nH]c2ccccc12)[NH2+][C@@H]1OC(=O)c2c1ccc(OC)c2OC. The maximum atomic E-state index is 12.5. The minimum Gasteiger partial charge on any atom is -0.493 e. The molecule has 0 bridgehead atoms. The molecule has 1 aliphatic rings. The van der Waals surface area contributed by atoms with Gasteiger partial charge in [-0.3, -0.25) is 5.32 Å². The monoisotopic (exact) mass is 411 g/mol. The van der Waals surface area contributed by atoms with Crippen molar-refractivity contribution in [2.45, 2.75) is 18.7 Å². The second kappa shape index (κ2) is 8.08. The van der Waals surface area contributed by atoms with Crippen LogP contribution in [0.2, 0.25) is 0 Å². The third kappa shape index (κ3) is 3.35. The minimum atomic E-state index is -0.693. The molecule has 8 heteroatoms. The molecule has 1 aliphatic heterocycles. The zero-order valence-corrected chi connectivity index (χ0v) is 16.9. The number of rotatable bonds is 7. The quantitative estimate of drug-likeness (QED) is 0.574. The van der Waals surface area contributed by atoms with Crippen LogP contribution in [0.5, 0.6) is 11.5 Å². The minimum absolute atomic E-state index is 0.314. The third-order valence-corrected chi connectivity index (χ3v) is 5.35. The van der Waals surface area contributed by atoms with Crippen LogP contribution < -0.4 is 14.8 Å². The summed E-state index contributed by atoms with van der Waals surface area (Å²) >= 11 is 0. The van der Waals surface area contributed by atoms with Gasteiger partial charge in [-0.25, -0.2) is 9.59 Å². The van der Waals surface area contributed by atoms with Gasteiger partial charge in [-0.15, -0.1) is 0 Å². The number of nitrogens with one attached hydrogen (secondary N) is 1. The Bertz CT molecular complexity index is 1110. The fraction of sp³-hybridized carbons (Fsp3) is 0.273. The molecule has 0 unspecified atom stereocenters. The number of esters is 2. The number of quaternary nitrogens is 1. The number of ether oxygens (including phenoxy) is 4. The summed E-state index contributed by atoms with van der Waals surface area (Å²) < 4.78 is 21.2. The van der Waals surface area contributed by atoms with Crippen LogP contribution in [0.1, 0.15) is 27.7 Å². The molecule has 0 fully saturated rings. The maximum Gasteiger partial charge on any atom is 0.365 e. The van der Waals surface area contributed by atoms with E-state index in [1.54, 1.807) is 17.4 Å². The number of hydrogen-bond donors (Lipinski definition) is 2. The van der Waals surface area contributed by atoms with Crippen molar-refractivity contribution in [3.8, 4) is 11.5 Å². The van der Waals surface area contributed by atoms with Crippen molar-refractivity contribution in [1.82, 2.24) is 4.98 Å². The Morgan fingerprint density at radius 3 is 2.70 bits per heavy atom. The van der Waals surface area contributed by atoms with Crippen LogP contribution >= 0.6 is 0 Å². The van der Waals surface area contributed by atoms with Crippen LogP contribution in [-0.2, 0) is 20.7 Å². The number of carbonyl (C=O) groups excluding carboxylic acids is 2. The first-order valence-electron chi connectivity index (χ1n) is 9.51. The number of H-pyrrole nitrogens is 1. The highest BCUT2D eigenvalue weighted by Gasteiger charge is 2.41. The molecule has 0 saturated heterocycles. The lowest BCUT2D eigenvalue weighted by Gasteiger charge is -2.17. The molecule has 4 rings (SSSR count). The van der Waals surface area contributed by atoms with Crippen molar-refractivity contribution < 1.29 is 33.9 Å². The number of fused-ring (bicyclic) bond motifs is 2. The number of hydrogen-bond acceptors (Lipinski definition) is 6. The van der Waals surface area contributed by atoms with Crippen molar-refractivity contribution >= 4 is 22.8 Å². The number of aromatic amines is 1. The van der Waals surface area contributed by atoms with Gasteiger partial charge in [-0.1, -0.05) is 18.2 Å².